The number of quaternary nitrogens is 1. The summed E-state index contributed by atoms with van der Waals surface area (Å²) in [7, 11) is 3.91. The summed E-state index contributed by atoms with van der Waals surface area (Å²) in [6.07, 6.45) is 0. The van der Waals surface area contributed by atoms with E-state index >= 15 is 0 Å². The number of aromatic nitrogens is 1. The standard InChI is InChI=1S/C20H22FN3O3S/c1-11-19(28-12(2)22-11)17(25)15-16(13-5-7-14(21)8-6-13)24(10-9-23(3)4)20(27)18(15)26/h5-8,16,26H,9-10H2,1-4H3/p+1/t16-/m1/s1. The molecule has 0 bridgehead atoms. The van der Waals surface area contributed by atoms with E-state index < -0.39 is 29.3 Å². The Morgan fingerprint density at radius 1 is 1.29 bits per heavy atom. The monoisotopic (exact) mass is 404 g/mol. The lowest BCUT2D eigenvalue weighted by molar-refractivity contribution is -0.857. The van der Waals surface area contributed by atoms with Crippen molar-refractivity contribution >= 4 is 23.0 Å². The van der Waals surface area contributed by atoms with Gasteiger partial charge in [0.25, 0.3) is 5.91 Å². The van der Waals surface area contributed by atoms with Crippen LogP contribution in [0.2, 0.25) is 0 Å². The van der Waals surface area contributed by atoms with Crippen molar-refractivity contribution in [1.82, 2.24) is 9.88 Å². The zero-order valence-corrected chi connectivity index (χ0v) is 17.1. The van der Waals surface area contributed by atoms with Gasteiger partial charge in [0, 0.05) is 0 Å². The van der Waals surface area contributed by atoms with Gasteiger partial charge in [0.05, 0.1) is 54.4 Å². The van der Waals surface area contributed by atoms with E-state index in [0.717, 1.165) is 9.91 Å². The minimum absolute atomic E-state index is 0.0251. The smallest absolute Gasteiger partial charge is 0.290 e. The van der Waals surface area contributed by atoms with Gasteiger partial charge in [-0.05, 0) is 31.5 Å². The molecule has 0 radical (unpaired) electrons. The lowest BCUT2D eigenvalue weighted by atomic mass is 9.95. The number of carbonyl (C=O) groups is 2. The number of rotatable bonds is 6. The summed E-state index contributed by atoms with van der Waals surface area (Å²) >= 11 is 1.23. The normalized spacial score (nSPS) is 17.1. The molecule has 0 unspecified atom stereocenters. The average molecular weight is 404 g/mol. The van der Waals surface area contributed by atoms with Gasteiger partial charge in [-0.2, -0.15) is 0 Å². The fourth-order valence-electron chi connectivity index (χ4n) is 3.32. The second-order valence-corrected chi connectivity index (χ2v) is 8.35. The van der Waals surface area contributed by atoms with Crippen molar-refractivity contribution in [2.24, 2.45) is 0 Å². The van der Waals surface area contributed by atoms with Crippen LogP contribution in [0.1, 0.15) is 32.0 Å². The van der Waals surface area contributed by atoms with Crippen molar-refractivity contribution in [3.8, 4) is 0 Å². The molecule has 2 heterocycles. The summed E-state index contributed by atoms with van der Waals surface area (Å²) in [5.41, 5.74) is 1.17. The first-order valence-corrected chi connectivity index (χ1v) is 9.79. The van der Waals surface area contributed by atoms with E-state index in [9.17, 15) is 19.1 Å². The fraction of sp³-hybridized carbons (Fsp3) is 0.350. The molecule has 1 aliphatic rings. The predicted octanol–water partition coefficient (Wildman–Crippen LogP) is 1.62. The Morgan fingerprint density at radius 2 is 1.93 bits per heavy atom. The molecule has 0 fully saturated rings. The highest BCUT2D eigenvalue weighted by Crippen LogP contribution is 2.39. The molecule has 148 valence electrons. The van der Waals surface area contributed by atoms with E-state index in [2.05, 4.69) is 4.98 Å². The van der Waals surface area contributed by atoms with Crippen molar-refractivity contribution in [2.45, 2.75) is 19.9 Å². The first-order chi connectivity index (χ1) is 13.2. The highest BCUT2D eigenvalue weighted by Gasteiger charge is 2.44. The number of carbonyl (C=O) groups excluding carboxylic acids is 2. The zero-order chi connectivity index (χ0) is 20.6. The van der Waals surface area contributed by atoms with Crippen LogP contribution in [0.3, 0.4) is 0 Å². The van der Waals surface area contributed by atoms with E-state index in [-0.39, 0.29) is 5.57 Å². The van der Waals surface area contributed by atoms with Crippen molar-refractivity contribution in [1.29, 1.82) is 0 Å². The molecule has 1 aromatic heterocycles. The molecule has 28 heavy (non-hydrogen) atoms. The zero-order valence-electron chi connectivity index (χ0n) is 16.2. The number of likely N-dealkylation sites (N-methyl/N-ethyl adjacent to an activating group) is 1. The molecule has 2 N–H and O–H groups in total. The summed E-state index contributed by atoms with van der Waals surface area (Å²) in [5, 5.41) is 11.3. The fourth-order valence-corrected chi connectivity index (χ4v) is 4.19. The van der Waals surface area contributed by atoms with Crippen LogP contribution in [-0.2, 0) is 4.79 Å². The quantitative estimate of drug-likeness (QED) is 0.718. The van der Waals surface area contributed by atoms with Gasteiger partial charge in [-0.15, -0.1) is 11.3 Å². The van der Waals surface area contributed by atoms with Gasteiger partial charge in [0.15, 0.2) is 5.76 Å². The molecule has 0 aliphatic carbocycles. The predicted molar refractivity (Wildman–Crippen MR) is 104 cm³/mol. The van der Waals surface area contributed by atoms with Crippen LogP contribution in [0.25, 0.3) is 0 Å². The summed E-state index contributed by atoms with van der Waals surface area (Å²) in [5.74, 6) is -1.95. The minimum Gasteiger partial charge on any atom is -0.503 e. The molecule has 6 nitrogen and oxygen atoms in total. The molecular weight excluding hydrogens is 381 g/mol. The molecule has 2 aromatic rings. The second kappa shape index (κ2) is 7.81. The summed E-state index contributed by atoms with van der Waals surface area (Å²) in [4.78, 5) is 33.3. The molecule has 1 amide bonds. The van der Waals surface area contributed by atoms with Gasteiger partial charge in [-0.3, -0.25) is 9.59 Å². The third-order valence-corrected chi connectivity index (χ3v) is 5.77. The first-order valence-electron chi connectivity index (χ1n) is 8.98. The number of aliphatic hydroxyl groups is 1. The Balaban J connectivity index is 2.08. The van der Waals surface area contributed by atoms with E-state index in [4.69, 9.17) is 0 Å². The number of hydrogen-bond acceptors (Lipinski definition) is 5. The number of Topliss-reactive ketones (excluding diaryl/α,β-unsaturated/α-hetero) is 1. The number of thiazole rings is 1. The molecule has 0 spiro atoms. The Labute approximate surface area is 166 Å². The number of nitrogens with zero attached hydrogens (tertiary/aromatic N) is 2. The van der Waals surface area contributed by atoms with Crippen LogP contribution < -0.4 is 4.90 Å². The molecule has 8 heteroatoms. The first kappa shape index (κ1) is 20.2. The number of nitrogens with one attached hydrogen (secondary N) is 1. The Kier molecular flexibility index (Phi) is 5.62. The van der Waals surface area contributed by atoms with Crippen molar-refractivity contribution in [2.75, 3.05) is 27.2 Å². The lowest BCUT2D eigenvalue weighted by Gasteiger charge is -2.27. The molecule has 3 rings (SSSR count). The molecule has 1 atom stereocenters. The van der Waals surface area contributed by atoms with Gasteiger partial charge < -0.3 is 14.9 Å². The van der Waals surface area contributed by atoms with Crippen molar-refractivity contribution in [3.05, 3.63) is 62.6 Å². The Bertz CT molecular complexity index is 950. The number of hydrogen-bond donors (Lipinski definition) is 2. The van der Waals surface area contributed by atoms with E-state index in [1.165, 1.54) is 28.4 Å². The van der Waals surface area contributed by atoms with Crippen LogP contribution in [0.15, 0.2) is 35.6 Å². The van der Waals surface area contributed by atoms with Gasteiger partial charge in [0.2, 0.25) is 5.78 Å². The number of halogens is 1. The molecule has 1 aromatic carbocycles. The number of aryl methyl sites for hydroxylation is 2. The van der Waals surface area contributed by atoms with Crippen LogP contribution in [-0.4, -0.2) is 53.9 Å². The topological polar surface area (TPSA) is 74.9 Å². The Morgan fingerprint density at radius 3 is 2.46 bits per heavy atom. The van der Waals surface area contributed by atoms with Crippen LogP contribution in [0.5, 0.6) is 0 Å². The van der Waals surface area contributed by atoms with Gasteiger partial charge in [-0.25, -0.2) is 9.37 Å². The highest BCUT2D eigenvalue weighted by atomic mass is 32.1. The third-order valence-electron chi connectivity index (χ3n) is 4.70. The molecule has 0 saturated heterocycles. The van der Waals surface area contributed by atoms with Crippen LogP contribution in [0, 0.1) is 19.7 Å². The van der Waals surface area contributed by atoms with Gasteiger partial charge in [-0.1, -0.05) is 12.1 Å². The van der Waals surface area contributed by atoms with E-state index in [1.807, 2.05) is 14.1 Å². The van der Waals surface area contributed by atoms with Crippen molar-refractivity contribution < 1.29 is 24.0 Å². The summed E-state index contributed by atoms with van der Waals surface area (Å²) < 4.78 is 13.4. The number of amides is 1. The Hall–Kier alpha value is -2.58. The number of benzene rings is 1. The van der Waals surface area contributed by atoms with Crippen molar-refractivity contribution in [3.63, 3.8) is 0 Å². The van der Waals surface area contributed by atoms with E-state index in [0.29, 0.717) is 29.2 Å². The second-order valence-electron chi connectivity index (χ2n) is 7.15. The minimum atomic E-state index is -0.762. The maximum atomic E-state index is 13.4. The molecular formula is C20H23FN3O3S+. The highest BCUT2D eigenvalue weighted by molar-refractivity contribution is 7.14. The molecule has 1 aliphatic heterocycles. The van der Waals surface area contributed by atoms with Crippen LogP contribution in [0.4, 0.5) is 4.39 Å². The summed E-state index contributed by atoms with van der Waals surface area (Å²) in [6, 6.07) is 4.89. The number of ketones is 1. The maximum Gasteiger partial charge on any atom is 0.290 e. The van der Waals surface area contributed by atoms with Gasteiger partial charge in [0.1, 0.15) is 5.82 Å². The third kappa shape index (κ3) is 3.70. The SMILES string of the molecule is Cc1nc(C)c(C(=O)C2=C(O)C(=O)N(CC[NH+](C)C)[C@@H]2c2ccc(F)cc2)s1. The average Bonchev–Trinajstić information content (AvgIpc) is 3.10. The molecule has 0 saturated carbocycles. The van der Waals surface area contributed by atoms with Gasteiger partial charge >= 0.3 is 0 Å². The largest absolute Gasteiger partial charge is 0.503 e. The summed E-state index contributed by atoms with van der Waals surface area (Å²) in [6.45, 7) is 4.51. The maximum absolute atomic E-state index is 13.4. The van der Waals surface area contributed by atoms with Crippen LogP contribution >= 0.6 is 11.3 Å². The van der Waals surface area contributed by atoms with E-state index in [1.54, 1.807) is 26.0 Å². The number of aliphatic hydroxyl groups excluding tert-OH is 1. The lowest BCUT2D eigenvalue weighted by Crippen LogP contribution is -3.06.